The van der Waals surface area contributed by atoms with Crippen LogP contribution in [-0.4, -0.2) is 9.56 Å². The fourth-order valence-electron chi connectivity index (χ4n) is 1.96. The van der Waals surface area contributed by atoms with Gasteiger partial charge < -0.3 is 10.3 Å². The third kappa shape index (κ3) is 1.95. The molecule has 0 atom stereocenters. The van der Waals surface area contributed by atoms with Crippen LogP contribution < -0.4 is 5.73 Å². The van der Waals surface area contributed by atoms with Crippen LogP contribution in [-0.2, 0) is 6.54 Å². The van der Waals surface area contributed by atoms with Crippen molar-refractivity contribution in [2.24, 2.45) is 5.73 Å². The Bertz CT molecular complexity index is 514. The van der Waals surface area contributed by atoms with Crippen LogP contribution in [0.1, 0.15) is 25.3 Å². The highest BCUT2D eigenvalue weighted by Crippen LogP contribution is 2.21. The number of para-hydroxylation sites is 1. The van der Waals surface area contributed by atoms with Crippen LogP contribution in [0.25, 0.3) is 10.9 Å². The number of thiocarbonyl (C=S) groups is 1. The predicted molar refractivity (Wildman–Crippen MR) is 72.7 cm³/mol. The van der Waals surface area contributed by atoms with Crippen LogP contribution in [0.15, 0.2) is 30.5 Å². The molecule has 2 N–H and O–H groups in total. The Hall–Kier alpha value is -1.35. The van der Waals surface area contributed by atoms with Gasteiger partial charge in [-0.15, -0.1) is 0 Å². The van der Waals surface area contributed by atoms with Crippen molar-refractivity contribution in [2.75, 3.05) is 0 Å². The number of benzene rings is 1. The second kappa shape index (κ2) is 4.66. The highest BCUT2D eigenvalue weighted by molar-refractivity contribution is 7.80. The van der Waals surface area contributed by atoms with E-state index < -0.39 is 0 Å². The Balaban J connectivity index is 2.53. The molecule has 0 aliphatic rings. The van der Waals surface area contributed by atoms with Gasteiger partial charge in [-0.1, -0.05) is 43.8 Å². The summed E-state index contributed by atoms with van der Waals surface area (Å²) in [4.78, 5) is 0.478. The first-order valence-electron chi connectivity index (χ1n) is 5.61. The van der Waals surface area contributed by atoms with Gasteiger partial charge in [0, 0.05) is 29.2 Å². The van der Waals surface area contributed by atoms with Crippen LogP contribution >= 0.6 is 12.2 Å². The molecule has 2 aromatic rings. The summed E-state index contributed by atoms with van der Waals surface area (Å²) in [5.41, 5.74) is 7.95. The van der Waals surface area contributed by atoms with Crippen molar-refractivity contribution in [3.63, 3.8) is 0 Å². The SMILES string of the molecule is CCCCn1cc(C(N)=S)c2ccccc21. The van der Waals surface area contributed by atoms with Crippen molar-refractivity contribution in [1.82, 2.24) is 4.57 Å². The Labute approximate surface area is 101 Å². The number of aryl methyl sites for hydroxylation is 1. The van der Waals surface area contributed by atoms with Crippen LogP contribution in [0.5, 0.6) is 0 Å². The van der Waals surface area contributed by atoms with E-state index in [1.807, 2.05) is 12.1 Å². The number of rotatable bonds is 4. The molecule has 0 fully saturated rings. The molecule has 1 aromatic carbocycles. The molecule has 0 aliphatic heterocycles. The molecule has 2 rings (SSSR count). The average Bonchev–Trinajstić information content (AvgIpc) is 2.65. The number of hydrogen-bond donors (Lipinski definition) is 1. The molecule has 2 nitrogen and oxygen atoms in total. The van der Waals surface area contributed by atoms with E-state index in [0.717, 1.165) is 17.5 Å². The van der Waals surface area contributed by atoms with E-state index in [0.29, 0.717) is 4.99 Å². The Morgan fingerprint density at radius 1 is 1.38 bits per heavy atom. The van der Waals surface area contributed by atoms with E-state index in [2.05, 4.69) is 29.8 Å². The summed E-state index contributed by atoms with van der Waals surface area (Å²) in [6.07, 6.45) is 4.44. The monoisotopic (exact) mass is 232 g/mol. The Morgan fingerprint density at radius 2 is 2.12 bits per heavy atom. The number of hydrogen-bond acceptors (Lipinski definition) is 1. The zero-order chi connectivity index (χ0) is 11.5. The zero-order valence-corrected chi connectivity index (χ0v) is 10.3. The summed E-state index contributed by atoms with van der Waals surface area (Å²) in [5.74, 6) is 0. The quantitative estimate of drug-likeness (QED) is 0.821. The lowest BCUT2D eigenvalue weighted by Gasteiger charge is -2.02. The maximum Gasteiger partial charge on any atom is 0.106 e. The lowest BCUT2D eigenvalue weighted by molar-refractivity contribution is 0.650. The van der Waals surface area contributed by atoms with Gasteiger partial charge in [0.05, 0.1) is 0 Å². The summed E-state index contributed by atoms with van der Waals surface area (Å²) >= 11 is 5.08. The molecule has 0 unspecified atom stereocenters. The van der Waals surface area contributed by atoms with Crippen molar-refractivity contribution in [2.45, 2.75) is 26.3 Å². The van der Waals surface area contributed by atoms with Gasteiger partial charge >= 0.3 is 0 Å². The molecule has 0 bridgehead atoms. The summed E-state index contributed by atoms with van der Waals surface area (Å²) in [7, 11) is 0. The summed E-state index contributed by atoms with van der Waals surface area (Å²) in [5, 5.41) is 1.16. The van der Waals surface area contributed by atoms with Crippen LogP contribution in [0.3, 0.4) is 0 Å². The maximum absolute atomic E-state index is 5.74. The normalized spacial score (nSPS) is 10.8. The van der Waals surface area contributed by atoms with Gasteiger partial charge in [0.2, 0.25) is 0 Å². The van der Waals surface area contributed by atoms with Crippen molar-refractivity contribution in [3.05, 3.63) is 36.0 Å². The first-order chi connectivity index (χ1) is 7.74. The minimum Gasteiger partial charge on any atom is -0.389 e. The molecule has 1 heterocycles. The summed E-state index contributed by atoms with van der Waals surface area (Å²) < 4.78 is 2.24. The molecule has 3 heteroatoms. The first kappa shape index (κ1) is 11.1. The van der Waals surface area contributed by atoms with Crippen LogP contribution in [0.2, 0.25) is 0 Å². The Kier molecular flexibility index (Phi) is 3.25. The van der Waals surface area contributed by atoms with Crippen molar-refractivity contribution >= 4 is 28.1 Å². The summed E-state index contributed by atoms with van der Waals surface area (Å²) in [6, 6.07) is 8.27. The number of fused-ring (bicyclic) bond motifs is 1. The number of nitrogens with zero attached hydrogens (tertiary/aromatic N) is 1. The molecule has 0 saturated heterocycles. The molecule has 16 heavy (non-hydrogen) atoms. The molecule has 84 valence electrons. The van der Waals surface area contributed by atoms with E-state index in [9.17, 15) is 0 Å². The van der Waals surface area contributed by atoms with E-state index in [-0.39, 0.29) is 0 Å². The molecule has 0 saturated carbocycles. The third-order valence-corrected chi connectivity index (χ3v) is 3.03. The van der Waals surface area contributed by atoms with Gasteiger partial charge in [0.1, 0.15) is 4.99 Å². The van der Waals surface area contributed by atoms with E-state index in [1.54, 1.807) is 0 Å². The van der Waals surface area contributed by atoms with E-state index in [4.69, 9.17) is 18.0 Å². The second-order valence-corrected chi connectivity index (χ2v) is 4.41. The smallest absolute Gasteiger partial charge is 0.106 e. The molecule has 0 amide bonds. The zero-order valence-electron chi connectivity index (χ0n) is 9.44. The molecular formula is C13H16N2S. The van der Waals surface area contributed by atoms with Crippen molar-refractivity contribution in [3.8, 4) is 0 Å². The lowest BCUT2D eigenvalue weighted by Crippen LogP contribution is -2.08. The largest absolute Gasteiger partial charge is 0.389 e. The third-order valence-electron chi connectivity index (χ3n) is 2.81. The van der Waals surface area contributed by atoms with Crippen LogP contribution in [0, 0.1) is 0 Å². The molecule has 1 aromatic heterocycles. The van der Waals surface area contributed by atoms with Gasteiger partial charge in [0.15, 0.2) is 0 Å². The van der Waals surface area contributed by atoms with Gasteiger partial charge in [-0.05, 0) is 12.5 Å². The number of nitrogens with two attached hydrogens (primary N) is 1. The summed E-state index contributed by atoms with van der Waals surface area (Å²) in [6.45, 7) is 3.22. The van der Waals surface area contributed by atoms with Crippen molar-refractivity contribution < 1.29 is 0 Å². The minimum atomic E-state index is 0.478. The van der Waals surface area contributed by atoms with Gasteiger partial charge in [-0.25, -0.2) is 0 Å². The maximum atomic E-state index is 5.74. The molecular weight excluding hydrogens is 216 g/mol. The molecule has 0 spiro atoms. The van der Waals surface area contributed by atoms with E-state index >= 15 is 0 Å². The topological polar surface area (TPSA) is 30.9 Å². The van der Waals surface area contributed by atoms with Crippen molar-refractivity contribution in [1.29, 1.82) is 0 Å². The highest BCUT2D eigenvalue weighted by Gasteiger charge is 2.08. The van der Waals surface area contributed by atoms with Gasteiger partial charge in [0.25, 0.3) is 0 Å². The van der Waals surface area contributed by atoms with Gasteiger partial charge in [-0.3, -0.25) is 0 Å². The van der Waals surface area contributed by atoms with Gasteiger partial charge in [-0.2, -0.15) is 0 Å². The molecule has 0 radical (unpaired) electrons. The Morgan fingerprint density at radius 3 is 2.81 bits per heavy atom. The first-order valence-corrected chi connectivity index (χ1v) is 6.02. The molecule has 0 aliphatic carbocycles. The fraction of sp³-hybridized carbons (Fsp3) is 0.308. The lowest BCUT2D eigenvalue weighted by atomic mass is 10.2. The van der Waals surface area contributed by atoms with Crippen LogP contribution in [0.4, 0.5) is 0 Å². The highest BCUT2D eigenvalue weighted by atomic mass is 32.1. The number of aromatic nitrogens is 1. The fourth-order valence-corrected chi connectivity index (χ4v) is 2.12. The second-order valence-electron chi connectivity index (χ2n) is 3.97. The standard InChI is InChI=1S/C13H16N2S/c1-2-3-8-15-9-11(13(14)16)10-6-4-5-7-12(10)15/h4-7,9H,2-3,8H2,1H3,(H2,14,16). The van der Waals surface area contributed by atoms with E-state index in [1.165, 1.54) is 18.4 Å². The predicted octanol–water partition coefficient (Wildman–Crippen LogP) is 3.08. The number of unbranched alkanes of at least 4 members (excludes halogenated alkanes) is 1. The minimum absolute atomic E-state index is 0.478. The average molecular weight is 232 g/mol.